The molecule has 0 radical (unpaired) electrons. The van der Waals surface area contributed by atoms with Gasteiger partial charge in [-0.05, 0) is 36.6 Å². The lowest BCUT2D eigenvalue weighted by molar-refractivity contribution is 0.0532. The molecule has 5 nitrogen and oxygen atoms in total. The van der Waals surface area contributed by atoms with E-state index in [1.165, 1.54) is 5.56 Å². The number of hydrogen-bond donors (Lipinski definition) is 1. The topological polar surface area (TPSA) is 68.3 Å². The first kappa shape index (κ1) is 21.5. The predicted molar refractivity (Wildman–Crippen MR) is 127 cm³/mol. The summed E-state index contributed by atoms with van der Waals surface area (Å²) in [6, 6.07) is 27.0. The second-order valence-electron chi connectivity index (χ2n) is 7.10. The maximum atomic E-state index is 12.8. The summed E-state index contributed by atoms with van der Waals surface area (Å²) in [5.41, 5.74) is 4.15. The first-order chi connectivity index (χ1) is 15.6. The monoisotopic (exact) mass is 442 g/mol. The smallest absolute Gasteiger partial charge is 0.350 e. The van der Waals surface area contributed by atoms with Gasteiger partial charge in [0.1, 0.15) is 4.88 Å². The van der Waals surface area contributed by atoms with Gasteiger partial charge in [-0.15, -0.1) is 0 Å². The number of ether oxygens (including phenoxy) is 1. The van der Waals surface area contributed by atoms with Crippen LogP contribution in [0.4, 0.5) is 5.13 Å². The number of carbonyl (C=O) groups excluding carboxylic acids is 2. The van der Waals surface area contributed by atoms with Gasteiger partial charge in [-0.1, -0.05) is 84.1 Å². The van der Waals surface area contributed by atoms with Gasteiger partial charge in [0.05, 0.1) is 12.3 Å². The van der Waals surface area contributed by atoms with E-state index in [0.717, 1.165) is 28.9 Å². The number of amides is 1. The van der Waals surface area contributed by atoms with Crippen molar-refractivity contribution in [2.24, 2.45) is 0 Å². The number of esters is 1. The van der Waals surface area contributed by atoms with Crippen molar-refractivity contribution in [3.8, 4) is 11.3 Å². The Morgan fingerprint density at radius 1 is 0.875 bits per heavy atom. The number of rotatable bonds is 7. The average molecular weight is 443 g/mol. The van der Waals surface area contributed by atoms with E-state index in [4.69, 9.17) is 4.74 Å². The van der Waals surface area contributed by atoms with Crippen LogP contribution in [-0.2, 0) is 11.2 Å². The Morgan fingerprint density at radius 3 is 2.16 bits per heavy atom. The minimum atomic E-state index is -0.449. The van der Waals surface area contributed by atoms with Crippen LogP contribution >= 0.6 is 11.3 Å². The molecule has 3 aromatic carbocycles. The van der Waals surface area contributed by atoms with Crippen molar-refractivity contribution in [3.05, 3.63) is 106 Å². The summed E-state index contributed by atoms with van der Waals surface area (Å²) in [4.78, 5) is 30.1. The van der Waals surface area contributed by atoms with Crippen LogP contribution in [0.5, 0.6) is 0 Å². The van der Waals surface area contributed by atoms with Gasteiger partial charge in [0.2, 0.25) is 0 Å². The molecule has 0 aliphatic carbocycles. The summed E-state index contributed by atoms with van der Waals surface area (Å²) in [6.07, 6.45) is 0.804. The lowest BCUT2D eigenvalue weighted by atomic mass is 10.0. The molecule has 32 heavy (non-hydrogen) atoms. The van der Waals surface area contributed by atoms with E-state index in [1.807, 2.05) is 60.7 Å². The lowest BCUT2D eigenvalue weighted by Crippen LogP contribution is -2.11. The number of anilines is 1. The first-order valence-corrected chi connectivity index (χ1v) is 11.1. The molecule has 0 bridgehead atoms. The molecule has 1 N–H and O–H groups in total. The molecule has 1 aromatic heterocycles. The fourth-order valence-electron chi connectivity index (χ4n) is 3.28. The highest BCUT2D eigenvalue weighted by Crippen LogP contribution is 2.32. The lowest BCUT2D eigenvalue weighted by Gasteiger charge is -2.05. The van der Waals surface area contributed by atoms with E-state index < -0.39 is 5.97 Å². The van der Waals surface area contributed by atoms with E-state index in [1.54, 1.807) is 19.1 Å². The molecule has 0 atom stereocenters. The highest BCUT2D eigenvalue weighted by atomic mass is 32.1. The van der Waals surface area contributed by atoms with Crippen LogP contribution in [-0.4, -0.2) is 23.5 Å². The van der Waals surface area contributed by atoms with Crippen LogP contribution in [0.3, 0.4) is 0 Å². The third-order valence-electron chi connectivity index (χ3n) is 4.82. The SMILES string of the molecule is CCOC(=O)c1sc(NC(=O)c2ccc(Cc3ccccc3)cc2)nc1-c1ccccc1. The fraction of sp³-hybridized carbons (Fsp3) is 0.115. The van der Waals surface area contributed by atoms with Gasteiger partial charge in [-0.25, -0.2) is 9.78 Å². The second kappa shape index (κ2) is 10.0. The molecule has 4 rings (SSSR count). The molecule has 1 heterocycles. The van der Waals surface area contributed by atoms with E-state index in [-0.39, 0.29) is 12.5 Å². The summed E-state index contributed by atoms with van der Waals surface area (Å²) in [5.74, 6) is -0.727. The van der Waals surface area contributed by atoms with Crippen LogP contribution < -0.4 is 5.32 Å². The molecular weight excluding hydrogens is 420 g/mol. The minimum Gasteiger partial charge on any atom is -0.462 e. The summed E-state index contributed by atoms with van der Waals surface area (Å²) in [5, 5.41) is 3.17. The van der Waals surface area contributed by atoms with Gasteiger partial charge >= 0.3 is 5.97 Å². The van der Waals surface area contributed by atoms with Crippen LogP contribution in [0.15, 0.2) is 84.9 Å². The normalized spacial score (nSPS) is 10.5. The van der Waals surface area contributed by atoms with Crippen LogP contribution in [0.1, 0.15) is 38.1 Å². The summed E-state index contributed by atoms with van der Waals surface area (Å²) >= 11 is 1.11. The molecule has 0 aliphatic rings. The van der Waals surface area contributed by atoms with Crippen molar-refractivity contribution < 1.29 is 14.3 Å². The largest absolute Gasteiger partial charge is 0.462 e. The number of benzene rings is 3. The van der Waals surface area contributed by atoms with Crippen LogP contribution in [0.2, 0.25) is 0 Å². The molecule has 0 aliphatic heterocycles. The third-order valence-corrected chi connectivity index (χ3v) is 5.77. The molecule has 0 saturated heterocycles. The second-order valence-corrected chi connectivity index (χ2v) is 8.10. The first-order valence-electron chi connectivity index (χ1n) is 10.3. The van der Waals surface area contributed by atoms with Gasteiger partial charge in [0.15, 0.2) is 5.13 Å². The average Bonchev–Trinajstić information content (AvgIpc) is 3.25. The number of thiazole rings is 1. The third kappa shape index (κ3) is 5.10. The number of carbonyl (C=O) groups is 2. The van der Waals surface area contributed by atoms with E-state index >= 15 is 0 Å². The van der Waals surface area contributed by atoms with Crippen molar-refractivity contribution in [2.75, 3.05) is 11.9 Å². The van der Waals surface area contributed by atoms with E-state index in [2.05, 4.69) is 22.4 Å². The van der Waals surface area contributed by atoms with Gasteiger partial charge in [-0.2, -0.15) is 0 Å². The standard InChI is InChI=1S/C26H22N2O3S/c1-2-31-25(30)23-22(20-11-7-4-8-12-20)27-26(32-23)28-24(29)21-15-13-19(14-16-21)17-18-9-5-3-6-10-18/h3-16H,2,17H2,1H3,(H,27,28,29). The maximum absolute atomic E-state index is 12.8. The van der Waals surface area contributed by atoms with E-state index in [9.17, 15) is 9.59 Å². The number of hydrogen-bond acceptors (Lipinski definition) is 5. The Hall–Kier alpha value is -3.77. The Labute approximate surface area is 190 Å². The van der Waals surface area contributed by atoms with Crippen LogP contribution in [0.25, 0.3) is 11.3 Å². The highest BCUT2D eigenvalue weighted by molar-refractivity contribution is 7.18. The Morgan fingerprint density at radius 2 is 1.50 bits per heavy atom. The van der Waals surface area contributed by atoms with Crippen LogP contribution in [0, 0.1) is 0 Å². The molecule has 0 fully saturated rings. The zero-order valence-corrected chi connectivity index (χ0v) is 18.4. The zero-order chi connectivity index (χ0) is 22.3. The minimum absolute atomic E-state index is 0.266. The van der Waals surface area contributed by atoms with Gasteiger partial charge in [0.25, 0.3) is 5.91 Å². The Balaban J connectivity index is 1.52. The van der Waals surface area contributed by atoms with Gasteiger partial charge in [0, 0.05) is 11.1 Å². The fourth-order valence-corrected chi connectivity index (χ4v) is 4.15. The summed E-state index contributed by atoms with van der Waals surface area (Å²) in [7, 11) is 0. The summed E-state index contributed by atoms with van der Waals surface area (Å²) < 4.78 is 5.17. The van der Waals surface area contributed by atoms with Crippen molar-refractivity contribution in [2.45, 2.75) is 13.3 Å². The number of aromatic nitrogens is 1. The molecule has 6 heteroatoms. The Bertz CT molecular complexity index is 1200. The molecule has 0 spiro atoms. The van der Waals surface area contributed by atoms with Gasteiger partial charge in [-0.3, -0.25) is 10.1 Å². The van der Waals surface area contributed by atoms with Crippen molar-refractivity contribution in [3.63, 3.8) is 0 Å². The zero-order valence-electron chi connectivity index (χ0n) is 17.6. The van der Waals surface area contributed by atoms with Crippen molar-refractivity contribution >= 4 is 28.3 Å². The van der Waals surface area contributed by atoms with Crippen molar-refractivity contribution in [1.29, 1.82) is 0 Å². The maximum Gasteiger partial charge on any atom is 0.350 e. The molecule has 4 aromatic rings. The van der Waals surface area contributed by atoms with Crippen molar-refractivity contribution in [1.82, 2.24) is 4.98 Å². The quantitative estimate of drug-likeness (QED) is 0.366. The summed E-state index contributed by atoms with van der Waals surface area (Å²) in [6.45, 7) is 2.02. The number of nitrogens with one attached hydrogen (secondary N) is 1. The van der Waals surface area contributed by atoms with E-state index in [0.29, 0.717) is 21.3 Å². The molecule has 0 unspecified atom stereocenters. The molecule has 160 valence electrons. The van der Waals surface area contributed by atoms with Gasteiger partial charge < -0.3 is 4.74 Å². The number of nitrogens with zero attached hydrogens (tertiary/aromatic N) is 1. The molecule has 0 saturated carbocycles. The molecule has 1 amide bonds. The Kier molecular flexibility index (Phi) is 6.72. The highest BCUT2D eigenvalue weighted by Gasteiger charge is 2.21. The predicted octanol–water partition coefficient (Wildman–Crippen LogP) is 5.83. The molecular formula is C26H22N2O3S.